The summed E-state index contributed by atoms with van der Waals surface area (Å²) in [6, 6.07) is 15.4. The van der Waals surface area contributed by atoms with Crippen LogP contribution in [0.1, 0.15) is 29.7 Å². The highest BCUT2D eigenvalue weighted by molar-refractivity contribution is 7.16. The fourth-order valence-corrected chi connectivity index (χ4v) is 4.07. The largest absolute Gasteiger partial charge is 0.308 e. The summed E-state index contributed by atoms with van der Waals surface area (Å²) >= 11 is 1.26. The summed E-state index contributed by atoms with van der Waals surface area (Å²) in [5, 5.41) is 13.4. The molecule has 0 amide bonds. The lowest BCUT2D eigenvalue weighted by Crippen LogP contribution is -2.14. The monoisotopic (exact) mass is 361 g/mol. The third-order valence-electron chi connectivity index (χ3n) is 4.38. The van der Waals surface area contributed by atoms with Crippen molar-refractivity contribution in [2.45, 2.75) is 19.5 Å². The fraction of sp³-hybridized carbons (Fsp3) is 0.158. The van der Waals surface area contributed by atoms with Crippen LogP contribution in [-0.4, -0.2) is 19.3 Å². The van der Waals surface area contributed by atoms with Gasteiger partial charge in [-0.1, -0.05) is 29.5 Å². The Kier molecular flexibility index (Phi) is 4.11. The molecular weight excluding hydrogens is 346 g/mol. The van der Waals surface area contributed by atoms with Gasteiger partial charge >= 0.3 is 4.87 Å². The van der Waals surface area contributed by atoms with Gasteiger partial charge in [-0.3, -0.25) is 9.36 Å². The number of thiazole rings is 1. The van der Waals surface area contributed by atoms with E-state index in [2.05, 4.69) is 16.2 Å². The molecule has 1 atom stereocenters. The van der Waals surface area contributed by atoms with Gasteiger partial charge in [-0.15, -0.1) is 0 Å². The molecule has 0 bridgehead atoms. The van der Waals surface area contributed by atoms with Crippen molar-refractivity contribution in [3.63, 3.8) is 0 Å². The van der Waals surface area contributed by atoms with Gasteiger partial charge in [0.2, 0.25) is 0 Å². The summed E-state index contributed by atoms with van der Waals surface area (Å²) < 4.78 is 4.53. The molecule has 0 aliphatic carbocycles. The van der Waals surface area contributed by atoms with Crippen LogP contribution < -0.4 is 4.87 Å². The average Bonchev–Trinajstić information content (AvgIpc) is 3.29. The van der Waals surface area contributed by atoms with Gasteiger partial charge in [0.25, 0.3) is 0 Å². The molecule has 1 unspecified atom stereocenters. The third-order valence-corrected chi connectivity index (χ3v) is 5.34. The van der Waals surface area contributed by atoms with Gasteiger partial charge in [0.05, 0.1) is 21.8 Å². The Balaban J connectivity index is 1.90. The van der Waals surface area contributed by atoms with Crippen LogP contribution in [-0.2, 0) is 6.54 Å². The normalized spacial score (nSPS) is 12.2. The van der Waals surface area contributed by atoms with Crippen LogP contribution in [0.4, 0.5) is 0 Å². The quantitative estimate of drug-likeness (QED) is 0.559. The number of rotatable bonds is 4. The molecule has 2 aromatic heterocycles. The van der Waals surface area contributed by atoms with Crippen LogP contribution in [0.3, 0.4) is 0 Å². The number of benzene rings is 2. The second-order valence-corrected chi connectivity index (χ2v) is 6.84. The maximum absolute atomic E-state index is 12.1. The Labute approximate surface area is 153 Å². The molecule has 0 aliphatic rings. The molecular formula is C19H15N5OS. The van der Waals surface area contributed by atoms with Crippen molar-refractivity contribution in [3.05, 3.63) is 81.5 Å². The van der Waals surface area contributed by atoms with Crippen molar-refractivity contribution in [1.29, 1.82) is 5.26 Å². The Morgan fingerprint density at radius 3 is 2.62 bits per heavy atom. The predicted octanol–water partition coefficient (Wildman–Crippen LogP) is 3.18. The van der Waals surface area contributed by atoms with Gasteiger partial charge in [-0.25, -0.2) is 9.67 Å². The van der Waals surface area contributed by atoms with Crippen LogP contribution in [0.25, 0.3) is 10.2 Å². The van der Waals surface area contributed by atoms with Gasteiger partial charge in [0.1, 0.15) is 18.7 Å². The highest BCUT2D eigenvalue weighted by atomic mass is 32.1. The number of fused-ring (bicyclic) bond motifs is 1. The van der Waals surface area contributed by atoms with Gasteiger partial charge < -0.3 is 0 Å². The minimum absolute atomic E-state index is 0.0512. The first-order valence-electron chi connectivity index (χ1n) is 8.18. The van der Waals surface area contributed by atoms with E-state index in [0.29, 0.717) is 12.1 Å². The smallest absolute Gasteiger partial charge is 0.299 e. The Bertz CT molecular complexity index is 1150. The SMILES string of the molecule is CCn1c(=O)sc2ccc(C(c3ccc(C#N)cc3)n3cncn3)cc21. The molecule has 26 heavy (non-hydrogen) atoms. The van der Waals surface area contributed by atoms with Gasteiger partial charge in [0.15, 0.2) is 0 Å². The molecule has 0 saturated heterocycles. The topological polar surface area (TPSA) is 76.5 Å². The summed E-state index contributed by atoms with van der Waals surface area (Å²) in [4.78, 5) is 16.3. The van der Waals surface area contributed by atoms with E-state index in [0.717, 1.165) is 21.3 Å². The fourth-order valence-electron chi connectivity index (χ4n) is 3.14. The summed E-state index contributed by atoms with van der Waals surface area (Å²) in [5.41, 5.74) is 3.54. The van der Waals surface area contributed by atoms with Crippen LogP contribution in [0.5, 0.6) is 0 Å². The number of aromatic nitrogens is 4. The molecule has 2 heterocycles. The van der Waals surface area contributed by atoms with Crippen LogP contribution in [0.2, 0.25) is 0 Å². The Morgan fingerprint density at radius 2 is 1.96 bits per heavy atom. The van der Waals surface area contributed by atoms with Crippen LogP contribution in [0.15, 0.2) is 59.9 Å². The molecule has 4 rings (SSSR count). The second kappa shape index (κ2) is 6.58. The zero-order valence-corrected chi connectivity index (χ0v) is 14.8. The van der Waals surface area contributed by atoms with Crippen molar-refractivity contribution in [1.82, 2.24) is 19.3 Å². The van der Waals surface area contributed by atoms with E-state index < -0.39 is 0 Å². The summed E-state index contributed by atoms with van der Waals surface area (Å²) in [5.74, 6) is 0. The highest BCUT2D eigenvalue weighted by Crippen LogP contribution is 2.29. The number of hydrogen-bond acceptors (Lipinski definition) is 5. The first-order valence-corrected chi connectivity index (χ1v) is 9.00. The summed E-state index contributed by atoms with van der Waals surface area (Å²) in [6.45, 7) is 2.60. The van der Waals surface area contributed by atoms with E-state index in [1.807, 2.05) is 37.3 Å². The molecule has 0 spiro atoms. The van der Waals surface area contributed by atoms with Crippen molar-refractivity contribution >= 4 is 21.6 Å². The average molecular weight is 361 g/mol. The van der Waals surface area contributed by atoms with Crippen molar-refractivity contribution in [3.8, 4) is 6.07 Å². The zero-order chi connectivity index (χ0) is 18.1. The predicted molar refractivity (Wildman–Crippen MR) is 100 cm³/mol. The molecule has 4 aromatic rings. The Morgan fingerprint density at radius 1 is 1.19 bits per heavy atom. The maximum Gasteiger partial charge on any atom is 0.308 e. The third kappa shape index (κ3) is 2.70. The van der Waals surface area contributed by atoms with Crippen LogP contribution in [0, 0.1) is 11.3 Å². The molecule has 7 heteroatoms. The number of hydrogen-bond donors (Lipinski definition) is 0. The molecule has 0 fully saturated rings. The molecule has 0 aliphatic heterocycles. The molecule has 2 aromatic carbocycles. The molecule has 128 valence electrons. The Hall–Kier alpha value is -3.24. The van der Waals surface area contributed by atoms with E-state index >= 15 is 0 Å². The molecule has 6 nitrogen and oxygen atoms in total. The van der Waals surface area contributed by atoms with Crippen molar-refractivity contribution in [2.75, 3.05) is 0 Å². The molecule has 0 saturated carbocycles. The lowest BCUT2D eigenvalue weighted by atomic mass is 9.97. The maximum atomic E-state index is 12.1. The lowest BCUT2D eigenvalue weighted by molar-refractivity contribution is 0.594. The minimum atomic E-state index is -0.185. The molecule has 0 radical (unpaired) electrons. The summed E-state index contributed by atoms with van der Waals surface area (Å²) in [7, 11) is 0. The van der Waals surface area contributed by atoms with Crippen molar-refractivity contribution in [2.24, 2.45) is 0 Å². The number of nitriles is 1. The van der Waals surface area contributed by atoms with E-state index in [1.165, 1.54) is 17.7 Å². The van der Waals surface area contributed by atoms with Gasteiger partial charge in [0, 0.05) is 6.54 Å². The molecule has 0 N–H and O–H groups in total. The van der Waals surface area contributed by atoms with E-state index in [9.17, 15) is 4.79 Å². The van der Waals surface area contributed by atoms with Crippen molar-refractivity contribution < 1.29 is 0 Å². The first kappa shape index (κ1) is 16.2. The minimum Gasteiger partial charge on any atom is -0.299 e. The highest BCUT2D eigenvalue weighted by Gasteiger charge is 2.19. The van der Waals surface area contributed by atoms with Gasteiger partial charge in [-0.05, 0) is 42.3 Å². The number of aryl methyl sites for hydroxylation is 1. The lowest BCUT2D eigenvalue weighted by Gasteiger charge is -2.18. The van der Waals surface area contributed by atoms with E-state index in [-0.39, 0.29) is 10.9 Å². The zero-order valence-electron chi connectivity index (χ0n) is 14.0. The van der Waals surface area contributed by atoms with E-state index in [1.54, 1.807) is 27.7 Å². The van der Waals surface area contributed by atoms with E-state index in [4.69, 9.17) is 5.26 Å². The summed E-state index contributed by atoms with van der Waals surface area (Å²) in [6.07, 6.45) is 3.18. The standard InChI is InChI=1S/C19H15N5OS/c1-2-23-16-9-15(7-8-17(16)26-19(23)25)18(24-12-21-11-22-24)14-5-3-13(10-20)4-6-14/h3-9,11-12,18H,2H2,1H3. The second-order valence-electron chi connectivity index (χ2n) is 5.85. The number of nitrogens with zero attached hydrogens (tertiary/aromatic N) is 5. The van der Waals surface area contributed by atoms with Gasteiger partial charge in [-0.2, -0.15) is 10.4 Å². The van der Waals surface area contributed by atoms with Crippen LogP contribution >= 0.6 is 11.3 Å². The first-order chi connectivity index (χ1) is 12.7.